The van der Waals surface area contributed by atoms with Crippen molar-refractivity contribution < 1.29 is 33.4 Å². The number of fused-ring (bicyclic) bond motifs is 1. The number of ether oxygens (including phenoxy) is 3. The zero-order chi connectivity index (χ0) is 19.5. The molecule has 8 heteroatoms. The van der Waals surface area contributed by atoms with Gasteiger partial charge in [0.05, 0.1) is 12.5 Å². The van der Waals surface area contributed by atoms with E-state index in [-0.39, 0.29) is 18.8 Å². The first-order valence-corrected chi connectivity index (χ1v) is 8.93. The minimum Gasteiger partial charge on any atom is -0.463 e. The van der Waals surface area contributed by atoms with Gasteiger partial charge in [-0.25, -0.2) is 9.59 Å². The van der Waals surface area contributed by atoms with Crippen molar-refractivity contribution in [3.8, 4) is 0 Å². The largest absolute Gasteiger partial charge is 0.463 e. The van der Waals surface area contributed by atoms with Gasteiger partial charge in [-0.3, -0.25) is 14.5 Å². The van der Waals surface area contributed by atoms with Crippen LogP contribution in [0.4, 0.5) is 0 Å². The van der Waals surface area contributed by atoms with Crippen LogP contribution in [-0.4, -0.2) is 58.1 Å². The normalized spacial score (nSPS) is 35.4. The first-order chi connectivity index (χ1) is 12.0. The maximum atomic E-state index is 13.1. The van der Waals surface area contributed by atoms with Crippen LogP contribution < -0.4 is 0 Å². The fourth-order valence-electron chi connectivity index (χ4n) is 4.31. The van der Waals surface area contributed by atoms with E-state index in [0.717, 1.165) is 0 Å². The molecule has 0 aromatic heterocycles. The first kappa shape index (κ1) is 18.8. The Bertz CT molecular complexity index is 682. The maximum absolute atomic E-state index is 13.1. The lowest BCUT2D eigenvalue weighted by atomic mass is 9.80. The van der Waals surface area contributed by atoms with Crippen molar-refractivity contribution in [2.75, 3.05) is 6.61 Å². The molecule has 8 nitrogen and oxygen atoms in total. The second kappa shape index (κ2) is 5.77. The monoisotopic (exact) mass is 367 g/mol. The molecule has 0 aromatic carbocycles. The van der Waals surface area contributed by atoms with Gasteiger partial charge < -0.3 is 14.2 Å². The number of ketones is 1. The number of hydrogen-bond acceptors (Lipinski definition) is 7. The van der Waals surface area contributed by atoms with E-state index in [2.05, 4.69) is 0 Å². The number of esters is 2. The van der Waals surface area contributed by atoms with Crippen LogP contribution in [0.25, 0.3) is 0 Å². The molecule has 1 amide bonds. The summed E-state index contributed by atoms with van der Waals surface area (Å²) in [6.45, 7) is 8.34. The maximum Gasteiger partial charge on any atom is 0.348 e. The van der Waals surface area contributed by atoms with Gasteiger partial charge in [0.25, 0.3) is 5.91 Å². The van der Waals surface area contributed by atoms with Gasteiger partial charge in [0.15, 0.2) is 5.72 Å². The summed E-state index contributed by atoms with van der Waals surface area (Å²) in [6, 6.07) is -0.875. The van der Waals surface area contributed by atoms with Crippen LogP contribution in [0.2, 0.25) is 0 Å². The Kier molecular flexibility index (Phi) is 4.18. The number of carbonyl (C=O) groups is 4. The SMILES string of the molecule is CCOC(=O)[C@]12C[C@@H](C(C)=O)[C@@]3(CC[C@@H](C(=O)OC(C)(C)C)N3C1=O)O2. The second-order valence-electron chi connectivity index (χ2n) is 8.12. The number of rotatable bonds is 4. The Hall–Kier alpha value is -1.96. The molecule has 0 aromatic rings. The number of piperidine rings is 1. The van der Waals surface area contributed by atoms with Crippen LogP contribution in [0, 0.1) is 5.92 Å². The molecule has 26 heavy (non-hydrogen) atoms. The second-order valence-corrected chi connectivity index (χ2v) is 8.12. The number of Topliss-reactive ketones (excluding diaryl/α,β-unsaturated/α-hetero) is 1. The Morgan fingerprint density at radius 1 is 1.31 bits per heavy atom. The van der Waals surface area contributed by atoms with Gasteiger partial charge in [-0.2, -0.15) is 0 Å². The van der Waals surface area contributed by atoms with Crippen LogP contribution >= 0.6 is 0 Å². The highest BCUT2D eigenvalue weighted by Gasteiger charge is 2.78. The van der Waals surface area contributed by atoms with E-state index in [1.165, 1.54) is 11.8 Å². The summed E-state index contributed by atoms with van der Waals surface area (Å²) in [7, 11) is 0. The van der Waals surface area contributed by atoms with Crippen molar-refractivity contribution in [2.45, 2.75) is 76.9 Å². The van der Waals surface area contributed by atoms with Gasteiger partial charge in [-0.1, -0.05) is 0 Å². The highest BCUT2D eigenvalue weighted by atomic mass is 16.6. The summed E-state index contributed by atoms with van der Waals surface area (Å²) >= 11 is 0. The number of nitrogens with zero attached hydrogens (tertiary/aromatic N) is 1. The molecular weight excluding hydrogens is 342 g/mol. The Balaban J connectivity index is 1.99. The fraction of sp³-hybridized carbons (Fsp3) is 0.778. The zero-order valence-corrected chi connectivity index (χ0v) is 15.8. The van der Waals surface area contributed by atoms with Crippen LogP contribution in [0.15, 0.2) is 0 Å². The first-order valence-electron chi connectivity index (χ1n) is 8.93. The lowest BCUT2D eigenvalue weighted by Gasteiger charge is -2.38. The minimum absolute atomic E-state index is 0.0441. The summed E-state index contributed by atoms with van der Waals surface area (Å²) < 4.78 is 16.4. The molecule has 0 saturated carbocycles. The standard InChI is InChI=1S/C18H25NO7/c1-6-24-15(23)17-9-11(10(2)20)18(26-17)8-7-12(19(18)14(17)22)13(21)25-16(3,4)5/h11-12H,6-9H2,1-5H3/t11-,12-,17-,18+/m0/s1. The molecule has 2 bridgehead atoms. The third kappa shape index (κ3) is 2.46. The summed E-state index contributed by atoms with van der Waals surface area (Å²) in [4.78, 5) is 51.7. The molecule has 3 rings (SSSR count). The molecular formula is C18H25NO7. The third-order valence-electron chi connectivity index (χ3n) is 5.22. The van der Waals surface area contributed by atoms with E-state index in [1.807, 2.05) is 0 Å². The van der Waals surface area contributed by atoms with Gasteiger partial charge >= 0.3 is 11.9 Å². The van der Waals surface area contributed by atoms with Gasteiger partial charge in [0, 0.05) is 6.42 Å². The summed E-state index contributed by atoms with van der Waals surface area (Å²) in [5, 5.41) is 0. The van der Waals surface area contributed by atoms with Crippen molar-refractivity contribution in [2.24, 2.45) is 5.92 Å². The zero-order valence-electron chi connectivity index (χ0n) is 15.8. The highest BCUT2D eigenvalue weighted by molar-refractivity contribution is 6.11. The Morgan fingerprint density at radius 2 is 1.96 bits per heavy atom. The van der Waals surface area contributed by atoms with Crippen molar-refractivity contribution in [1.82, 2.24) is 4.90 Å². The number of carbonyl (C=O) groups excluding carboxylic acids is 4. The molecule has 0 N–H and O–H groups in total. The Labute approximate surface area is 152 Å². The molecule has 3 aliphatic heterocycles. The van der Waals surface area contributed by atoms with Crippen LogP contribution in [0.1, 0.15) is 53.9 Å². The lowest BCUT2D eigenvalue weighted by molar-refractivity contribution is -0.172. The minimum atomic E-state index is -1.84. The smallest absolute Gasteiger partial charge is 0.348 e. The van der Waals surface area contributed by atoms with E-state index in [4.69, 9.17) is 14.2 Å². The van der Waals surface area contributed by atoms with Crippen molar-refractivity contribution in [3.05, 3.63) is 0 Å². The Morgan fingerprint density at radius 3 is 2.50 bits per heavy atom. The predicted octanol–water partition coefficient (Wildman–Crippen LogP) is 0.956. The van der Waals surface area contributed by atoms with E-state index in [0.29, 0.717) is 12.8 Å². The summed E-state index contributed by atoms with van der Waals surface area (Å²) in [5.41, 5.74) is -3.82. The van der Waals surface area contributed by atoms with E-state index in [9.17, 15) is 19.2 Å². The summed E-state index contributed by atoms with van der Waals surface area (Å²) in [5.74, 6) is -2.82. The van der Waals surface area contributed by atoms with E-state index < -0.39 is 46.7 Å². The molecule has 0 aliphatic carbocycles. The molecule has 144 valence electrons. The van der Waals surface area contributed by atoms with Gasteiger partial charge in [-0.15, -0.1) is 0 Å². The topological polar surface area (TPSA) is 99.2 Å². The van der Waals surface area contributed by atoms with Crippen molar-refractivity contribution >= 4 is 23.6 Å². The molecule has 3 saturated heterocycles. The number of amides is 1. The third-order valence-corrected chi connectivity index (χ3v) is 5.22. The van der Waals surface area contributed by atoms with Crippen molar-refractivity contribution in [1.29, 1.82) is 0 Å². The summed E-state index contributed by atoms with van der Waals surface area (Å²) in [6.07, 6.45) is 0.578. The average Bonchev–Trinajstić information content (AvgIpc) is 3.12. The lowest BCUT2D eigenvalue weighted by Crippen LogP contribution is -2.59. The molecule has 0 radical (unpaired) electrons. The predicted molar refractivity (Wildman–Crippen MR) is 87.7 cm³/mol. The van der Waals surface area contributed by atoms with Gasteiger partial charge in [0.1, 0.15) is 17.4 Å². The van der Waals surface area contributed by atoms with E-state index >= 15 is 0 Å². The highest BCUT2D eigenvalue weighted by Crippen LogP contribution is 2.59. The molecule has 4 atom stereocenters. The average molecular weight is 367 g/mol. The van der Waals surface area contributed by atoms with Crippen molar-refractivity contribution in [3.63, 3.8) is 0 Å². The van der Waals surface area contributed by atoms with Crippen LogP contribution in [0.5, 0.6) is 0 Å². The van der Waals surface area contributed by atoms with Crippen LogP contribution in [0.3, 0.4) is 0 Å². The molecule has 1 spiro atoms. The molecule has 0 unspecified atom stereocenters. The molecule has 3 heterocycles. The quantitative estimate of drug-likeness (QED) is 0.539. The number of hydrogen-bond donors (Lipinski definition) is 0. The van der Waals surface area contributed by atoms with Gasteiger partial charge in [-0.05, 0) is 47.5 Å². The molecule has 3 fully saturated rings. The van der Waals surface area contributed by atoms with Crippen LogP contribution in [-0.2, 0) is 33.4 Å². The fourth-order valence-corrected chi connectivity index (χ4v) is 4.31. The van der Waals surface area contributed by atoms with Gasteiger partial charge in [0.2, 0.25) is 5.60 Å². The molecule has 3 aliphatic rings. The van der Waals surface area contributed by atoms with E-state index in [1.54, 1.807) is 27.7 Å².